The van der Waals surface area contributed by atoms with E-state index in [-0.39, 0.29) is 24.8 Å². The maximum atomic E-state index is 2.43. The Balaban J connectivity index is 0.00000120. The zero-order valence-corrected chi connectivity index (χ0v) is 21.1. The number of rotatable bonds is 1. The minimum atomic E-state index is 0. The molecule has 0 heterocycles. The molecule has 0 aliphatic heterocycles. The van der Waals surface area contributed by atoms with Crippen LogP contribution < -0.4 is 24.8 Å². The van der Waals surface area contributed by atoms with Gasteiger partial charge in [0.1, 0.15) is 0 Å². The molecule has 5 rings (SSSR count). The molecule has 0 bridgehead atoms. The summed E-state index contributed by atoms with van der Waals surface area (Å²) in [5, 5.41) is 0. The van der Waals surface area contributed by atoms with Gasteiger partial charge in [0.25, 0.3) is 0 Å². The fraction of sp³-hybridized carbons (Fsp3) is 0.231. The van der Waals surface area contributed by atoms with Crippen LogP contribution in [0.1, 0.15) is 59.6 Å². The Morgan fingerprint density at radius 2 is 1.41 bits per heavy atom. The predicted molar refractivity (Wildman–Crippen MR) is 110 cm³/mol. The monoisotopic (exact) mass is 495 g/mol. The van der Waals surface area contributed by atoms with Crippen LogP contribution in [0.5, 0.6) is 0 Å². The van der Waals surface area contributed by atoms with Crippen molar-refractivity contribution < 1.29 is 49.5 Å². The van der Waals surface area contributed by atoms with Gasteiger partial charge < -0.3 is 24.8 Å². The van der Waals surface area contributed by atoms with E-state index in [4.69, 9.17) is 0 Å². The summed E-state index contributed by atoms with van der Waals surface area (Å²) in [4.78, 5) is 0. The first kappa shape index (κ1) is 22.5. The first-order valence-electron chi connectivity index (χ1n) is 9.70. The standard InChI is InChI=1S/C26H23.2ClH.Zr/c1-15-5-8-21-20(12-15)14-24-22(21)9-6-17(3)26(24)23-10-7-19-13-16(2)11-18(4)25(19)23;;;/h5-14,23H,1-4H3;2*1H;/q;;;+2/p-2. The van der Waals surface area contributed by atoms with Gasteiger partial charge in [0, 0.05) is 0 Å². The second kappa shape index (κ2) is 8.18. The molecule has 0 aromatic heterocycles. The zero-order chi connectivity index (χ0) is 18.9. The Kier molecular flexibility index (Phi) is 6.36. The zero-order valence-electron chi connectivity index (χ0n) is 17.1. The molecule has 2 atom stereocenters. The maximum absolute atomic E-state index is 2.43. The molecule has 3 aromatic carbocycles. The van der Waals surface area contributed by atoms with E-state index in [0.29, 0.717) is 9.54 Å². The van der Waals surface area contributed by atoms with Crippen molar-refractivity contribution in [2.24, 2.45) is 0 Å². The molecule has 2 unspecified atom stereocenters. The van der Waals surface area contributed by atoms with Gasteiger partial charge in [0.2, 0.25) is 0 Å². The van der Waals surface area contributed by atoms with E-state index in [9.17, 15) is 0 Å². The van der Waals surface area contributed by atoms with Crippen LogP contribution in [0.15, 0.2) is 48.5 Å². The summed E-state index contributed by atoms with van der Waals surface area (Å²) < 4.78 is 0.542. The second-order valence-electron chi connectivity index (χ2n) is 8.20. The van der Waals surface area contributed by atoms with Crippen LogP contribution in [0, 0.1) is 27.7 Å². The van der Waals surface area contributed by atoms with E-state index in [1.54, 1.807) is 35.8 Å². The molecule has 0 nitrogen and oxygen atoms in total. The number of hydrogen-bond donors (Lipinski definition) is 0. The molecule has 0 spiro atoms. The van der Waals surface area contributed by atoms with Crippen LogP contribution in [-0.4, -0.2) is 0 Å². The molecule has 0 saturated carbocycles. The van der Waals surface area contributed by atoms with Crippen LogP contribution in [0.2, 0.25) is 0 Å². The molecular weight excluding hydrogens is 474 g/mol. The van der Waals surface area contributed by atoms with E-state index in [2.05, 4.69) is 82.3 Å². The third kappa shape index (κ3) is 3.40. The Morgan fingerprint density at radius 3 is 2.17 bits per heavy atom. The minimum absolute atomic E-state index is 0. The topological polar surface area (TPSA) is 0 Å². The van der Waals surface area contributed by atoms with Gasteiger partial charge in [0.15, 0.2) is 0 Å². The molecule has 0 saturated heterocycles. The number of allylic oxidation sites excluding steroid dienone is 1. The molecule has 145 valence electrons. The van der Waals surface area contributed by atoms with Crippen molar-refractivity contribution in [1.29, 1.82) is 0 Å². The van der Waals surface area contributed by atoms with Gasteiger partial charge in [0.05, 0.1) is 0 Å². The Bertz CT molecular complexity index is 1140. The molecule has 3 aromatic rings. The Labute approximate surface area is 201 Å². The quantitative estimate of drug-likeness (QED) is 0.465. The summed E-state index contributed by atoms with van der Waals surface area (Å²) >= 11 is 1.58. The van der Waals surface area contributed by atoms with Crippen molar-refractivity contribution in [2.45, 2.75) is 37.2 Å². The molecule has 0 amide bonds. The van der Waals surface area contributed by atoms with E-state index < -0.39 is 0 Å². The van der Waals surface area contributed by atoms with Gasteiger partial charge in [-0.1, -0.05) is 0 Å². The van der Waals surface area contributed by atoms with Crippen LogP contribution >= 0.6 is 0 Å². The Hall–Kier alpha value is -1.14. The average molecular weight is 498 g/mol. The molecule has 29 heavy (non-hydrogen) atoms. The normalized spacial score (nSPS) is 17.9. The Morgan fingerprint density at radius 1 is 0.690 bits per heavy atom. The van der Waals surface area contributed by atoms with Gasteiger partial charge in [-0.05, 0) is 0 Å². The van der Waals surface area contributed by atoms with Gasteiger partial charge in [-0.2, -0.15) is 0 Å². The minimum Gasteiger partial charge on any atom is -1.00 e. The first-order valence-corrected chi connectivity index (χ1v) is 11.1. The third-order valence-corrected chi connectivity index (χ3v) is 7.73. The molecule has 0 fully saturated rings. The van der Waals surface area contributed by atoms with Crippen LogP contribution in [0.4, 0.5) is 0 Å². The van der Waals surface area contributed by atoms with Crippen LogP contribution in [0.3, 0.4) is 0 Å². The SMILES string of the molecule is Cc1cc(C)c2c(c1)C=CC2c1c(C)ccc2c1[CH]([Zr+2])c1cc(C)ccc1-2.[Cl-].[Cl-]. The maximum Gasteiger partial charge on any atom is -1.00 e. The number of hydrogen-bond acceptors (Lipinski definition) is 0. The van der Waals surface area contributed by atoms with Crippen molar-refractivity contribution >= 4 is 6.08 Å². The number of benzene rings is 3. The largest absolute Gasteiger partial charge is 1.00 e. The van der Waals surface area contributed by atoms with Gasteiger partial charge in [-0.25, -0.2) is 0 Å². The molecule has 3 heteroatoms. The van der Waals surface area contributed by atoms with Crippen LogP contribution in [-0.2, 0) is 24.7 Å². The van der Waals surface area contributed by atoms with E-state index in [1.807, 2.05) is 0 Å². The third-order valence-electron chi connectivity index (χ3n) is 6.26. The summed E-state index contributed by atoms with van der Waals surface area (Å²) in [6.45, 7) is 8.98. The van der Waals surface area contributed by atoms with E-state index in [0.717, 1.165) is 0 Å². The molecule has 2 aliphatic carbocycles. The molecule has 2 aliphatic rings. The number of fused-ring (bicyclic) bond motifs is 4. The van der Waals surface area contributed by atoms with Crippen LogP contribution in [0.25, 0.3) is 17.2 Å². The first-order chi connectivity index (χ1) is 13.0. The summed E-state index contributed by atoms with van der Waals surface area (Å²) in [6.07, 6.45) is 4.76. The van der Waals surface area contributed by atoms with Gasteiger partial charge >= 0.3 is 178 Å². The van der Waals surface area contributed by atoms with E-state index >= 15 is 0 Å². The number of halogens is 2. The van der Waals surface area contributed by atoms with Crippen molar-refractivity contribution in [1.82, 2.24) is 0 Å². The summed E-state index contributed by atoms with van der Waals surface area (Å²) in [5.41, 5.74) is 16.0. The second-order valence-corrected chi connectivity index (χ2v) is 9.62. The smallest absolute Gasteiger partial charge is 1.00 e. The fourth-order valence-corrected chi connectivity index (χ4v) is 6.49. The molecular formula is C26H23Cl2Zr. The molecule has 0 radical (unpaired) electrons. The summed E-state index contributed by atoms with van der Waals surface area (Å²) in [5.74, 6) is 0.383. The summed E-state index contributed by atoms with van der Waals surface area (Å²) in [6, 6.07) is 16.4. The van der Waals surface area contributed by atoms with Crippen molar-refractivity contribution in [3.8, 4) is 11.1 Å². The summed E-state index contributed by atoms with van der Waals surface area (Å²) in [7, 11) is 0. The molecule has 0 N–H and O–H groups in total. The predicted octanol–water partition coefficient (Wildman–Crippen LogP) is 0.704. The fourth-order valence-electron chi connectivity index (χ4n) is 5.14. The van der Waals surface area contributed by atoms with Gasteiger partial charge in [-0.3, -0.25) is 0 Å². The van der Waals surface area contributed by atoms with Crippen molar-refractivity contribution in [3.63, 3.8) is 0 Å². The van der Waals surface area contributed by atoms with E-state index in [1.165, 1.54) is 50.1 Å². The van der Waals surface area contributed by atoms with Crippen molar-refractivity contribution in [3.05, 3.63) is 98.6 Å². The number of aryl methyl sites for hydroxylation is 4. The van der Waals surface area contributed by atoms with Gasteiger partial charge in [-0.15, -0.1) is 0 Å². The average Bonchev–Trinajstić information content (AvgIpc) is 3.15. The van der Waals surface area contributed by atoms with Crippen molar-refractivity contribution in [2.75, 3.05) is 0 Å².